The molecule has 0 bridgehead atoms. The topological polar surface area (TPSA) is 89.9 Å². The van der Waals surface area contributed by atoms with E-state index in [9.17, 15) is 4.79 Å². The maximum Gasteiger partial charge on any atom is 0.208 e. The lowest BCUT2D eigenvalue weighted by Gasteiger charge is -2.30. The van der Waals surface area contributed by atoms with Crippen molar-refractivity contribution in [1.82, 2.24) is 29.9 Å². The Labute approximate surface area is 179 Å². The third-order valence-electron chi connectivity index (χ3n) is 5.92. The van der Waals surface area contributed by atoms with Crippen LogP contribution in [0, 0.1) is 5.92 Å². The Balaban J connectivity index is 1.24. The Morgan fingerprint density at radius 2 is 2.03 bits per heavy atom. The van der Waals surface area contributed by atoms with Crippen LogP contribution < -0.4 is 0 Å². The summed E-state index contributed by atoms with van der Waals surface area (Å²) >= 11 is 0. The molecular weight excluding hydrogens is 392 g/mol. The van der Waals surface area contributed by atoms with Crippen molar-refractivity contribution in [2.45, 2.75) is 25.8 Å². The van der Waals surface area contributed by atoms with Crippen molar-refractivity contribution in [3.8, 4) is 11.3 Å². The van der Waals surface area contributed by atoms with Crippen LogP contribution in [0.15, 0.2) is 53.5 Å². The third kappa shape index (κ3) is 4.39. The zero-order valence-electron chi connectivity index (χ0n) is 17.4. The van der Waals surface area contributed by atoms with Gasteiger partial charge in [0, 0.05) is 42.2 Å². The fourth-order valence-electron chi connectivity index (χ4n) is 4.18. The molecule has 1 aliphatic rings. The van der Waals surface area contributed by atoms with Crippen molar-refractivity contribution in [3.05, 3.63) is 60.7 Å². The van der Waals surface area contributed by atoms with Crippen LogP contribution in [-0.2, 0) is 24.8 Å². The Bertz CT molecular complexity index is 1190. The molecule has 0 unspecified atom stereocenters. The molecule has 0 saturated carbocycles. The predicted octanol–water partition coefficient (Wildman–Crippen LogP) is 3.04. The Kier molecular flexibility index (Phi) is 5.30. The first kappa shape index (κ1) is 19.6. The van der Waals surface area contributed by atoms with Gasteiger partial charge in [0.05, 0.1) is 18.9 Å². The second-order valence-corrected chi connectivity index (χ2v) is 8.13. The smallest absolute Gasteiger partial charge is 0.208 e. The average molecular weight is 416 g/mol. The Hall–Kier alpha value is -3.39. The second kappa shape index (κ2) is 8.39. The van der Waals surface area contributed by atoms with Gasteiger partial charge >= 0.3 is 0 Å². The number of Topliss-reactive ketones (excluding diaryl/α,β-unsaturated/α-hetero) is 1. The molecule has 8 heteroatoms. The standard InChI is InChI=1S/C23H24N6O2/c1-28-14-21(26-27-28)17-2-3-18-13-25-20(11-19(18)10-17)12-22(30)16-4-7-29(8-5-16)15-23-24-6-9-31-23/h2-3,6,9-11,13-14,16H,4-5,7-8,12,15H2,1H3. The number of aromatic nitrogens is 5. The molecular formula is C23H24N6O2. The van der Waals surface area contributed by atoms with E-state index in [0.29, 0.717) is 13.0 Å². The van der Waals surface area contributed by atoms with Gasteiger partial charge in [-0.2, -0.15) is 0 Å². The summed E-state index contributed by atoms with van der Waals surface area (Å²) in [4.78, 5) is 23.9. The van der Waals surface area contributed by atoms with Gasteiger partial charge in [-0.25, -0.2) is 4.98 Å². The molecule has 0 radical (unpaired) electrons. The molecule has 0 aliphatic carbocycles. The maximum absolute atomic E-state index is 12.9. The highest BCUT2D eigenvalue weighted by molar-refractivity contribution is 5.88. The molecule has 0 spiro atoms. The summed E-state index contributed by atoms with van der Waals surface area (Å²) in [7, 11) is 1.85. The minimum absolute atomic E-state index is 0.0873. The van der Waals surface area contributed by atoms with Crippen molar-refractivity contribution < 1.29 is 9.21 Å². The lowest BCUT2D eigenvalue weighted by molar-refractivity contribution is -0.123. The van der Waals surface area contributed by atoms with Crippen LogP contribution in [0.25, 0.3) is 22.0 Å². The number of pyridine rings is 1. The quantitative estimate of drug-likeness (QED) is 0.477. The number of likely N-dealkylation sites (tertiary alicyclic amines) is 1. The van der Waals surface area contributed by atoms with Gasteiger partial charge in [-0.3, -0.25) is 19.4 Å². The van der Waals surface area contributed by atoms with Gasteiger partial charge in [0.1, 0.15) is 17.7 Å². The third-order valence-corrected chi connectivity index (χ3v) is 5.92. The van der Waals surface area contributed by atoms with E-state index in [1.54, 1.807) is 17.1 Å². The van der Waals surface area contributed by atoms with Gasteiger partial charge in [-0.15, -0.1) is 5.10 Å². The monoisotopic (exact) mass is 416 g/mol. The first-order chi connectivity index (χ1) is 15.1. The number of benzene rings is 1. The number of aryl methyl sites for hydroxylation is 1. The van der Waals surface area contributed by atoms with Gasteiger partial charge in [-0.05, 0) is 43.5 Å². The van der Waals surface area contributed by atoms with Gasteiger partial charge in [0.15, 0.2) is 0 Å². The molecule has 8 nitrogen and oxygen atoms in total. The van der Waals surface area contributed by atoms with E-state index >= 15 is 0 Å². The average Bonchev–Trinajstić information content (AvgIpc) is 3.45. The van der Waals surface area contributed by atoms with Crippen molar-refractivity contribution in [1.29, 1.82) is 0 Å². The number of ketones is 1. The molecule has 1 saturated heterocycles. The molecule has 31 heavy (non-hydrogen) atoms. The molecule has 158 valence electrons. The highest BCUT2D eigenvalue weighted by atomic mass is 16.3. The van der Waals surface area contributed by atoms with Crippen molar-refractivity contribution in [2.75, 3.05) is 13.1 Å². The van der Waals surface area contributed by atoms with Crippen LogP contribution in [0.3, 0.4) is 0 Å². The lowest BCUT2D eigenvalue weighted by Crippen LogP contribution is -2.36. The highest BCUT2D eigenvalue weighted by Crippen LogP contribution is 2.25. The second-order valence-electron chi connectivity index (χ2n) is 8.13. The number of nitrogens with zero attached hydrogens (tertiary/aromatic N) is 6. The molecule has 4 heterocycles. The zero-order chi connectivity index (χ0) is 21.2. The summed E-state index contributed by atoms with van der Waals surface area (Å²) < 4.78 is 7.01. The number of rotatable bonds is 6. The predicted molar refractivity (Wildman–Crippen MR) is 115 cm³/mol. The van der Waals surface area contributed by atoms with Crippen LogP contribution in [-0.4, -0.2) is 48.7 Å². The van der Waals surface area contributed by atoms with Gasteiger partial charge in [0.2, 0.25) is 5.89 Å². The van der Waals surface area contributed by atoms with Crippen LogP contribution in [0.2, 0.25) is 0 Å². The van der Waals surface area contributed by atoms with E-state index in [4.69, 9.17) is 4.42 Å². The Morgan fingerprint density at radius 3 is 2.77 bits per heavy atom. The molecule has 1 fully saturated rings. The number of piperidine rings is 1. The number of carbonyl (C=O) groups is 1. The highest BCUT2D eigenvalue weighted by Gasteiger charge is 2.25. The van der Waals surface area contributed by atoms with Crippen molar-refractivity contribution >= 4 is 16.6 Å². The molecule has 5 rings (SSSR count). The molecule has 1 aromatic carbocycles. The lowest BCUT2D eigenvalue weighted by atomic mass is 9.90. The van der Waals surface area contributed by atoms with Gasteiger partial charge in [0.25, 0.3) is 0 Å². The number of fused-ring (bicyclic) bond motifs is 1. The molecule has 1 aliphatic heterocycles. The Morgan fingerprint density at radius 1 is 1.16 bits per heavy atom. The first-order valence-electron chi connectivity index (χ1n) is 10.5. The number of hydrogen-bond donors (Lipinski definition) is 0. The van der Waals surface area contributed by atoms with Crippen molar-refractivity contribution in [3.63, 3.8) is 0 Å². The minimum atomic E-state index is 0.0873. The number of oxazole rings is 1. The van der Waals surface area contributed by atoms with E-state index in [-0.39, 0.29) is 11.7 Å². The molecule has 0 atom stereocenters. The minimum Gasteiger partial charge on any atom is -0.448 e. The molecule has 3 aromatic heterocycles. The first-order valence-corrected chi connectivity index (χ1v) is 10.5. The van der Waals surface area contributed by atoms with Gasteiger partial charge < -0.3 is 4.42 Å². The fraction of sp³-hybridized carbons (Fsp3) is 0.348. The van der Waals surface area contributed by atoms with E-state index in [1.165, 1.54) is 0 Å². The summed E-state index contributed by atoms with van der Waals surface area (Å²) in [6.07, 6.45) is 9.10. The summed E-state index contributed by atoms with van der Waals surface area (Å²) in [6, 6.07) is 8.15. The van der Waals surface area contributed by atoms with Crippen LogP contribution >= 0.6 is 0 Å². The number of carbonyl (C=O) groups excluding carboxylic acids is 1. The summed E-state index contributed by atoms with van der Waals surface area (Å²) in [5.74, 6) is 1.09. The normalized spacial score (nSPS) is 15.5. The largest absolute Gasteiger partial charge is 0.448 e. The summed E-state index contributed by atoms with van der Waals surface area (Å²) in [5.41, 5.74) is 2.65. The summed E-state index contributed by atoms with van der Waals surface area (Å²) in [6.45, 7) is 2.46. The van der Waals surface area contributed by atoms with Crippen molar-refractivity contribution in [2.24, 2.45) is 13.0 Å². The van der Waals surface area contributed by atoms with E-state index in [0.717, 1.165) is 59.5 Å². The molecule has 4 aromatic rings. The van der Waals surface area contributed by atoms with E-state index in [1.807, 2.05) is 37.6 Å². The zero-order valence-corrected chi connectivity index (χ0v) is 17.4. The molecule has 0 amide bonds. The fourth-order valence-corrected chi connectivity index (χ4v) is 4.18. The van der Waals surface area contributed by atoms with Gasteiger partial charge in [-0.1, -0.05) is 17.3 Å². The van der Waals surface area contributed by atoms with E-state index < -0.39 is 0 Å². The molecule has 0 N–H and O–H groups in total. The number of hydrogen-bond acceptors (Lipinski definition) is 7. The van der Waals surface area contributed by atoms with Crippen LogP contribution in [0.1, 0.15) is 24.4 Å². The SMILES string of the molecule is Cn1cc(-c2ccc3cnc(CC(=O)C4CCN(Cc5ncco5)CC4)cc3c2)nn1. The van der Waals surface area contributed by atoms with E-state index in [2.05, 4.69) is 31.2 Å². The summed E-state index contributed by atoms with van der Waals surface area (Å²) in [5, 5.41) is 10.3. The van der Waals surface area contributed by atoms with Crippen LogP contribution in [0.5, 0.6) is 0 Å². The maximum atomic E-state index is 12.9. The van der Waals surface area contributed by atoms with Crippen LogP contribution in [0.4, 0.5) is 0 Å².